The van der Waals surface area contributed by atoms with E-state index in [1.54, 1.807) is 0 Å². The van der Waals surface area contributed by atoms with Crippen molar-refractivity contribution in [1.82, 2.24) is 10.2 Å². The van der Waals surface area contributed by atoms with Crippen molar-refractivity contribution in [1.29, 1.82) is 0 Å². The molecule has 2 rings (SSSR count). The molecule has 1 aromatic rings. The second kappa shape index (κ2) is 7.11. The lowest BCUT2D eigenvalue weighted by Crippen LogP contribution is -2.37. The molecule has 8 heteroatoms. The van der Waals surface area contributed by atoms with Crippen LogP contribution < -0.4 is 10.2 Å². The second-order valence-electron chi connectivity index (χ2n) is 6.07. The summed E-state index contributed by atoms with van der Waals surface area (Å²) in [6.07, 6.45) is -4.63. The van der Waals surface area contributed by atoms with Gasteiger partial charge in [-0.1, -0.05) is 12.1 Å². The Morgan fingerprint density at radius 1 is 1.29 bits per heavy atom. The van der Waals surface area contributed by atoms with Crippen LogP contribution in [0, 0.1) is 5.92 Å². The topological polar surface area (TPSA) is 52.7 Å². The minimum absolute atomic E-state index is 0.179. The maximum atomic E-state index is 12.4. The van der Waals surface area contributed by atoms with Crippen LogP contribution in [0.25, 0.3) is 0 Å². The number of anilines is 1. The number of carbonyl (C=O) groups is 2. The van der Waals surface area contributed by atoms with Crippen molar-refractivity contribution in [3.05, 3.63) is 29.8 Å². The fraction of sp³-hybridized carbons (Fsp3) is 0.500. The summed E-state index contributed by atoms with van der Waals surface area (Å²) < 4.78 is 37.1. The lowest BCUT2D eigenvalue weighted by molar-refractivity contribution is -0.157. The Balaban J connectivity index is 1.86. The SMILES string of the molecule is CN(C)c1ccc(CNC(=O)C2CC(=O)N(CC(F)(F)F)C2)cc1. The zero-order valence-corrected chi connectivity index (χ0v) is 13.6. The highest BCUT2D eigenvalue weighted by atomic mass is 19.4. The number of hydrogen-bond donors (Lipinski definition) is 1. The number of amides is 2. The van der Waals surface area contributed by atoms with Gasteiger partial charge in [0, 0.05) is 39.3 Å². The van der Waals surface area contributed by atoms with Gasteiger partial charge in [0.15, 0.2) is 0 Å². The van der Waals surface area contributed by atoms with E-state index in [2.05, 4.69) is 5.32 Å². The van der Waals surface area contributed by atoms with Crippen molar-refractivity contribution in [2.75, 3.05) is 32.1 Å². The van der Waals surface area contributed by atoms with Crippen LogP contribution in [0.5, 0.6) is 0 Å². The smallest absolute Gasteiger partial charge is 0.378 e. The molecule has 0 saturated carbocycles. The Morgan fingerprint density at radius 3 is 2.46 bits per heavy atom. The first kappa shape index (κ1) is 18.1. The highest BCUT2D eigenvalue weighted by Crippen LogP contribution is 2.24. The van der Waals surface area contributed by atoms with E-state index < -0.39 is 30.5 Å². The summed E-state index contributed by atoms with van der Waals surface area (Å²) in [5.74, 6) is -1.77. The van der Waals surface area contributed by atoms with Gasteiger partial charge in [0.2, 0.25) is 11.8 Å². The van der Waals surface area contributed by atoms with Crippen LogP contribution in [-0.4, -0.2) is 50.1 Å². The van der Waals surface area contributed by atoms with Gasteiger partial charge >= 0.3 is 6.18 Å². The van der Waals surface area contributed by atoms with Crippen molar-refractivity contribution >= 4 is 17.5 Å². The third-order valence-electron chi connectivity index (χ3n) is 3.87. The average molecular weight is 343 g/mol. The van der Waals surface area contributed by atoms with Crippen LogP contribution in [-0.2, 0) is 16.1 Å². The Bertz CT molecular complexity index is 600. The monoisotopic (exact) mass is 343 g/mol. The van der Waals surface area contributed by atoms with Crippen LogP contribution in [0.3, 0.4) is 0 Å². The molecule has 0 aromatic heterocycles. The number of rotatable bonds is 5. The fourth-order valence-electron chi connectivity index (χ4n) is 2.56. The third kappa shape index (κ3) is 4.87. The minimum atomic E-state index is -4.45. The number of hydrogen-bond acceptors (Lipinski definition) is 3. The van der Waals surface area contributed by atoms with Crippen LogP contribution in [0.4, 0.5) is 18.9 Å². The maximum Gasteiger partial charge on any atom is 0.406 e. The first-order valence-electron chi connectivity index (χ1n) is 7.54. The molecule has 1 fully saturated rings. The average Bonchev–Trinajstić information content (AvgIpc) is 2.84. The number of benzene rings is 1. The number of nitrogens with zero attached hydrogens (tertiary/aromatic N) is 2. The molecule has 1 N–H and O–H groups in total. The van der Waals surface area contributed by atoms with Crippen molar-refractivity contribution in [3.8, 4) is 0 Å². The zero-order valence-electron chi connectivity index (χ0n) is 13.6. The molecule has 0 aliphatic carbocycles. The van der Waals surface area contributed by atoms with Crippen molar-refractivity contribution in [2.24, 2.45) is 5.92 Å². The molecule has 1 unspecified atom stereocenters. The first-order valence-corrected chi connectivity index (χ1v) is 7.54. The highest BCUT2D eigenvalue weighted by Gasteiger charge is 2.40. The molecular formula is C16H20F3N3O2. The van der Waals surface area contributed by atoms with E-state index in [0.717, 1.165) is 11.3 Å². The number of likely N-dealkylation sites (tertiary alicyclic amines) is 1. The quantitative estimate of drug-likeness (QED) is 0.887. The van der Waals surface area contributed by atoms with Crippen LogP contribution in [0.15, 0.2) is 24.3 Å². The van der Waals surface area contributed by atoms with Gasteiger partial charge in [0.05, 0.1) is 5.92 Å². The summed E-state index contributed by atoms with van der Waals surface area (Å²) in [5, 5.41) is 2.68. The van der Waals surface area contributed by atoms with Gasteiger partial charge in [-0.3, -0.25) is 9.59 Å². The highest BCUT2D eigenvalue weighted by molar-refractivity contribution is 5.89. The van der Waals surface area contributed by atoms with Gasteiger partial charge in [-0.15, -0.1) is 0 Å². The lowest BCUT2D eigenvalue weighted by atomic mass is 10.1. The van der Waals surface area contributed by atoms with Gasteiger partial charge in [0.25, 0.3) is 0 Å². The lowest BCUT2D eigenvalue weighted by Gasteiger charge is -2.18. The maximum absolute atomic E-state index is 12.4. The van der Waals surface area contributed by atoms with Gasteiger partial charge in [-0.25, -0.2) is 0 Å². The molecule has 0 bridgehead atoms. The molecule has 2 amide bonds. The minimum Gasteiger partial charge on any atom is -0.378 e. The molecule has 132 valence electrons. The van der Waals surface area contributed by atoms with E-state index in [4.69, 9.17) is 0 Å². The Morgan fingerprint density at radius 2 is 1.92 bits per heavy atom. The van der Waals surface area contributed by atoms with Crippen LogP contribution >= 0.6 is 0 Å². The molecule has 5 nitrogen and oxygen atoms in total. The largest absolute Gasteiger partial charge is 0.406 e. The summed E-state index contributed by atoms with van der Waals surface area (Å²) >= 11 is 0. The van der Waals surface area contributed by atoms with E-state index >= 15 is 0 Å². The van der Waals surface area contributed by atoms with Crippen molar-refractivity contribution in [3.63, 3.8) is 0 Å². The molecule has 1 atom stereocenters. The number of carbonyl (C=O) groups excluding carboxylic acids is 2. The van der Waals surface area contributed by atoms with Gasteiger partial charge in [0.1, 0.15) is 6.54 Å². The molecular weight excluding hydrogens is 323 g/mol. The van der Waals surface area contributed by atoms with Crippen LogP contribution in [0.1, 0.15) is 12.0 Å². The van der Waals surface area contributed by atoms with E-state index in [1.807, 2.05) is 43.3 Å². The normalized spacial score (nSPS) is 18.0. The predicted molar refractivity (Wildman–Crippen MR) is 83.4 cm³/mol. The van der Waals surface area contributed by atoms with E-state index in [9.17, 15) is 22.8 Å². The molecule has 0 radical (unpaired) electrons. The fourth-order valence-corrected chi connectivity index (χ4v) is 2.56. The van der Waals surface area contributed by atoms with Crippen molar-refractivity contribution in [2.45, 2.75) is 19.1 Å². The molecule has 1 aliphatic rings. The van der Waals surface area contributed by atoms with Crippen molar-refractivity contribution < 1.29 is 22.8 Å². The standard InChI is InChI=1S/C16H20F3N3O2/c1-21(2)13-5-3-11(4-6-13)8-20-15(24)12-7-14(23)22(9-12)10-16(17,18)19/h3-6,12H,7-10H2,1-2H3,(H,20,24). The Kier molecular flexibility index (Phi) is 5.36. The van der Waals surface area contributed by atoms with E-state index in [1.165, 1.54) is 0 Å². The summed E-state index contributed by atoms with van der Waals surface area (Å²) in [6.45, 7) is -1.22. The van der Waals surface area contributed by atoms with Crippen LogP contribution in [0.2, 0.25) is 0 Å². The second-order valence-corrected chi connectivity index (χ2v) is 6.07. The summed E-state index contributed by atoms with van der Waals surface area (Å²) in [4.78, 5) is 26.3. The zero-order chi connectivity index (χ0) is 17.9. The van der Waals surface area contributed by atoms with E-state index in [0.29, 0.717) is 4.90 Å². The van der Waals surface area contributed by atoms with Gasteiger partial charge in [-0.2, -0.15) is 13.2 Å². The molecule has 24 heavy (non-hydrogen) atoms. The molecule has 1 saturated heterocycles. The predicted octanol–water partition coefficient (Wildman–Crippen LogP) is 1.78. The first-order chi connectivity index (χ1) is 11.2. The van der Waals surface area contributed by atoms with Gasteiger partial charge < -0.3 is 15.1 Å². The summed E-state index contributed by atoms with van der Waals surface area (Å²) in [5.41, 5.74) is 1.90. The Hall–Kier alpha value is -2.25. The Labute approximate surface area is 138 Å². The number of halogens is 3. The molecule has 1 aromatic carbocycles. The van der Waals surface area contributed by atoms with Gasteiger partial charge in [-0.05, 0) is 17.7 Å². The molecule has 0 spiro atoms. The van der Waals surface area contributed by atoms with E-state index in [-0.39, 0.29) is 19.5 Å². The number of nitrogens with one attached hydrogen (secondary N) is 1. The molecule has 1 aliphatic heterocycles. The summed E-state index contributed by atoms with van der Waals surface area (Å²) in [6, 6.07) is 7.55. The summed E-state index contributed by atoms with van der Waals surface area (Å²) in [7, 11) is 3.83. The molecule has 1 heterocycles. The number of alkyl halides is 3. The third-order valence-corrected chi connectivity index (χ3v) is 3.87.